The number of rotatable bonds is 6. The fourth-order valence-electron chi connectivity index (χ4n) is 3.49. The van der Waals surface area contributed by atoms with E-state index in [4.69, 9.17) is 4.74 Å². The van der Waals surface area contributed by atoms with E-state index in [0.29, 0.717) is 5.92 Å². The number of carbonyl (C=O) groups excluding carboxylic acids is 1. The van der Waals surface area contributed by atoms with E-state index in [1.807, 2.05) is 18.2 Å². The molecular formula is C24H30N2O2. The number of nitrogens with zero attached hydrogens (tertiary/aromatic N) is 1. The van der Waals surface area contributed by atoms with Gasteiger partial charge in [-0.25, -0.2) is 0 Å². The number of amides is 1. The molecule has 2 aromatic rings. The van der Waals surface area contributed by atoms with Gasteiger partial charge in [0.15, 0.2) is 0 Å². The highest BCUT2D eigenvalue weighted by Gasteiger charge is 2.20. The largest absolute Gasteiger partial charge is 0.497 e. The molecule has 1 heterocycles. The molecule has 0 aliphatic carbocycles. The van der Waals surface area contributed by atoms with Gasteiger partial charge in [0.05, 0.1) is 7.11 Å². The van der Waals surface area contributed by atoms with Crippen LogP contribution in [0.25, 0.3) is 6.08 Å². The van der Waals surface area contributed by atoms with Crippen molar-refractivity contribution < 1.29 is 9.53 Å². The monoisotopic (exact) mass is 378 g/mol. The third-order valence-electron chi connectivity index (χ3n) is 5.31. The Hall–Kier alpha value is -2.75. The molecule has 1 saturated heterocycles. The summed E-state index contributed by atoms with van der Waals surface area (Å²) in [5.74, 6) is 1.37. The number of carbonyl (C=O) groups is 1. The SMILES string of the molecule is COc1ccc(N2CCC(NC(=O)/C=C/c3ccc(C(C)C)cc3)CC2)cc1. The molecule has 0 unspecified atom stereocenters. The first-order chi connectivity index (χ1) is 13.5. The Balaban J connectivity index is 1.46. The maximum absolute atomic E-state index is 12.3. The second kappa shape index (κ2) is 9.45. The zero-order valence-electron chi connectivity index (χ0n) is 17.0. The predicted octanol–water partition coefficient (Wildman–Crippen LogP) is 4.62. The van der Waals surface area contributed by atoms with Gasteiger partial charge < -0.3 is 15.0 Å². The third-order valence-corrected chi connectivity index (χ3v) is 5.31. The van der Waals surface area contributed by atoms with Crippen molar-refractivity contribution in [2.45, 2.75) is 38.6 Å². The molecule has 3 rings (SSSR count). The normalized spacial score (nSPS) is 15.2. The Morgan fingerprint density at radius 1 is 1.07 bits per heavy atom. The van der Waals surface area contributed by atoms with Gasteiger partial charge in [0, 0.05) is 30.9 Å². The van der Waals surface area contributed by atoms with Crippen molar-refractivity contribution in [2.75, 3.05) is 25.1 Å². The van der Waals surface area contributed by atoms with Gasteiger partial charge >= 0.3 is 0 Å². The molecule has 148 valence electrons. The van der Waals surface area contributed by atoms with Crippen LogP contribution in [0.1, 0.15) is 43.7 Å². The summed E-state index contributed by atoms with van der Waals surface area (Å²) in [6, 6.07) is 16.8. The van der Waals surface area contributed by atoms with Gasteiger partial charge in [-0.1, -0.05) is 38.1 Å². The van der Waals surface area contributed by atoms with Crippen LogP contribution in [0, 0.1) is 0 Å². The number of benzene rings is 2. The van der Waals surface area contributed by atoms with E-state index in [-0.39, 0.29) is 11.9 Å². The Kier molecular flexibility index (Phi) is 6.75. The molecule has 1 aliphatic heterocycles. The molecule has 1 fully saturated rings. The highest BCUT2D eigenvalue weighted by molar-refractivity contribution is 5.91. The minimum atomic E-state index is -0.0177. The van der Waals surface area contributed by atoms with E-state index >= 15 is 0 Å². The molecule has 4 nitrogen and oxygen atoms in total. The van der Waals surface area contributed by atoms with Gasteiger partial charge in [-0.2, -0.15) is 0 Å². The molecule has 2 aromatic carbocycles. The van der Waals surface area contributed by atoms with E-state index < -0.39 is 0 Å². The lowest BCUT2D eigenvalue weighted by molar-refractivity contribution is -0.117. The van der Waals surface area contributed by atoms with Crippen molar-refractivity contribution in [2.24, 2.45) is 0 Å². The molecule has 1 amide bonds. The Bertz CT molecular complexity index is 786. The molecule has 0 spiro atoms. The van der Waals surface area contributed by atoms with Crippen molar-refractivity contribution in [3.05, 3.63) is 65.7 Å². The number of anilines is 1. The molecule has 0 saturated carbocycles. The number of ether oxygens (including phenoxy) is 1. The van der Waals surface area contributed by atoms with Crippen LogP contribution in [0.15, 0.2) is 54.6 Å². The van der Waals surface area contributed by atoms with E-state index in [2.05, 4.69) is 60.5 Å². The maximum Gasteiger partial charge on any atom is 0.244 e. The number of methoxy groups -OCH3 is 1. The molecule has 4 heteroatoms. The van der Waals surface area contributed by atoms with Crippen molar-refractivity contribution in [3.63, 3.8) is 0 Å². The molecule has 28 heavy (non-hydrogen) atoms. The van der Waals surface area contributed by atoms with Crippen molar-refractivity contribution in [3.8, 4) is 5.75 Å². The molecule has 1 N–H and O–H groups in total. The molecule has 1 aliphatic rings. The minimum absolute atomic E-state index is 0.0177. The highest BCUT2D eigenvalue weighted by Crippen LogP contribution is 2.23. The van der Waals surface area contributed by atoms with Crippen LogP contribution in [0.5, 0.6) is 5.75 Å². The summed E-state index contributed by atoms with van der Waals surface area (Å²) < 4.78 is 5.22. The third kappa shape index (κ3) is 5.38. The predicted molar refractivity (Wildman–Crippen MR) is 116 cm³/mol. The average Bonchev–Trinajstić information content (AvgIpc) is 2.73. The lowest BCUT2D eigenvalue weighted by Gasteiger charge is -2.33. The fraction of sp³-hybridized carbons (Fsp3) is 0.375. The summed E-state index contributed by atoms with van der Waals surface area (Å²) in [4.78, 5) is 14.6. The van der Waals surface area contributed by atoms with Crippen LogP contribution in [0.2, 0.25) is 0 Å². The molecule has 0 bridgehead atoms. The lowest BCUT2D eigenvalue weighted by Crippen LogP contribution is -2.44. The molecule has 0 radical (unpaired) electrons. The summed E-state index contributed by atoms with van der Waals surface area (Å²) in [5, 5.41) is 3.14. The number of hydrogen-bond donors (Lipinski definition) is 1. The summed E-state index contributed by atoms with van der Waals surface area (Å²) in [7, 11) is 1.68. The van der Waals surface area contributed by atoms with Crippen molar-refractivity contribution in [1.29, 1.82) is 0 Å². The number of hydrogen-bond acceptors (Lipinski definition) is 3. The zero-order chi connectivity index (χ0) is 19.9. The molecule has 0 atom stereocenters. The van der Waals surface area contributed by atoms with Crippen LogP contribution in [0.3, 0.4) is 0 Å². The maximum atomic E-state index is 12.3. The van der Waals surface area contributed by atoms with Gasteiger partial charge in [-0.05, 0) is 60.2 Å². The van der Waals surface area contributed by atoms with Gasteiger partial charge in [-0.3, -0.25) is 4.79 Å². The first-order valence-corrected chi connectivity index (χ1v) is 10.0. The van der Waals surface area contributed by atoms with Crippen molar-refractivity contribution >= 4 is 17.7 Å². The highest BCUT2D eigenvalue weighted by atomic mass is 16.5. The van der Waals surface area contributed by atoms with Gasteiger partial charge in [0.2, 0.25) is 5.91 Å². The standard InChI is InChI=1S/C24H30N2O2/c1-18(2)20-7-4-19(5-8-20)6-13-24(27)25-21-14-16-26(17-15-21)22-9-11-23(28-3)12-10-22/h4-13,18,21H,14-17H2,1-3H3,(H,25,27)/b13-6+. The van der Waals surface area contributed by atoms with Gasteiger partial charge in [0.25, 0.3) is 0 Å². The second-order valence-electron chi connectivity index (χ2n) is 7.62. The summed E-state index contributed by atoms with van der Waals surface area (Å²) in [6.07, 6.45) is 5.43. The Labute approximate surface area is 168 Å². The molecule has 0 aromatic heterocycles. The van der Waals surface area contributed by atoms with E-state index in [9.17, 15) is 4.79 Å². The van der Waals surface area contributed by atoms with E-state index in [0.717, 1.165) is 37.2 Å². The van der Waals surface area contributed by atoms with E-state index in [1.165, 1.54) is 11.3 Å². The number of piperidine rings is 1. The Morgan fingerprint density at radius 3 is 2.29 bits per heavy atom. The second-order valence-corrected chi connectivity index (χ2v) is 7.62. The van der Waals surface area contributed by atoms with Crippen LogP contribution in [-0.4, -0.2) is 32.1 Å². The summed E-state index contributed by atoms with van der Waals surface area (Å²) in [6.45, 7) is 6.24. The first-order valence-electron chi connectivity index (χ1n) is 10.0. The van der Waals surface area contributed by atoms with E-state index in [1.54, 1.807) is 13.2 Å². The summed E-state index contributed by atoms with van der Waals surface area (Å²) >= 11 is 0. The van der Waals surface area contributed by atoms with Crippen LogP contribution >= 0.6 is 0 Å². The topological polar surface area (TPSA) is 41.6 Å². The fourth-order valence-corrected chi connectivity index (χ4v) is 3.49. The average molecular weight is 379 g/mol. The van der Waals surface area contributed by atoms with Crippen LogP contribution in [0.4, 0.5) is 5.69 Å². The number of nitrogens with one attached hydrogen (secondary N) is 1. The lowest BCUT2D eigenvalue weighted by atomic mass is 10.0. The van der Waals surface area contributed by atoms with Gasteiger partial charge in [-0.15, -0.1) is 0 Å². The summed E-state index contributed by atoms with van der Waals surface area (Å²) in [5.41, 5.74) is 3.56. The van der Waals surface area contributed by atoms with Crippen LogP contribution in [-0.2, 0) is 4.79 Å². The molecular weight excluding hydrogens is 348 g/mol. The quantitative estimate of drug-likeness (QED) is 0.746. The smallest absolute Gasteiger partial charge is 0.244 e. The van der Waals surface area contributed by atoms with Gasteiger partial charge in [0.1, 0.15) is 5.75 Å². The van der Waals surface area contributed by atoms with Crippen LogP contribution < -0.4 is 15.0 Å². The first kappa shape index (κ1) is 20.0. The minimum Gasteiger partial charge on any atom is -0.497 e. The van der Waals surface area contributed by atoms with Crippen molar-refractivity contribution in [1.82, 2.24) is 5.32 Å². The Morgan fingerprint density at radius 2 is 1.71 bits per heavy atom. The zero-order valence-corrected chi connectivity index (χ0v) is 17.0.